The fraction of sp³-hybridized carbons (Fsp3) is 0.429. The molecular weight excluding hydrogens is 244 g/mol. The standard InChI is InChI=1S/C14H16N2O3/c1-2-12-9-19-6-5-16(12)13-4-3-10(14(17)18)7-11(13)8-15/h3-4,7,12H,2,5-6,9H2,1H3,(H,17,18). The maximum absolute atomic E-state index is 10.9. The average molecular weight is 260 g/mol. The van der Waals surface area contributed by atoms with Crippen molar-refractivity contribution in [2.75, 3.05) is 24.7 Å². The van der Waals surface area contributed by atoms with Crippen LogP contribution in [-0.2, 0) is 4.74 Å². The molecule has 19 heavy (non-hydrogen) atoms. The van der Waals surface area contributed by atoms with Gasteiger partial charge in [-0.15, -0.1) is 0 Å². The minimum atomic E-state index is -1.02. The molecule has 0 bridgehead atoms. The molecule has 5 nitrogen and oxygen atoms in total. The van der Waals surface area contributed by atoms with Crippen LogP contribution in [-0.4, -0.2) is 36.9 Å². The van der Waals surface area contributed by atoms with E-state index in [0.29, 0.717) is 18.8 Å². The first kappa shape index (κ1) is 13.4. The van der Waals surface area contributed by atoms with E-state index in [0.717, 1.165) is 18.7 Å². The zero-order valence-corrected chi connectivity index (χ0v) is 10.8. The van der Waals surface area contributed by atoms with E-state index in [2.05, 4.69) is 17.9 Å². The van der Waals surface area contributed by atoms with Crippen LogP contribution in [0.1, 0.15) is 29.3 Å². The van der Waals surface area contributed by atoms with Crippen LogP contribution in [0.4, 0.5) is 5.69 Å². The third kappa shape index (κ3) is 2.69. The molecule has 1 aromatic rings. The van der Waals surface area contributed by atoms with E-state index in [1.165, 1.54) is 6.07 Å². The Morgan fingerprint density at radius 3 is 3.05 bits per heavy atom. The van der Waals surface area contributed by atoms with Crippen LogP contribution in [0.5, 0.6) is 0 Å². The molecule has 1 saturated heterocycles. The second-order valence-corrected chi connectivity index (χ2v) is 4.48. The zero-order chi connectivity index (χ0) is 13.8. The van der Waals surface area contributed by atoms with E-state index in [4.69, 9.17) is 9.84 Å². The number of rotatable bonds is 3. The Kier molecular flexibility index (Phi) is 4.03. The van der Waals surface area contributed by atoms with Crippen molar-refractivity contribution in [1.82, 2.24) is 0 Å². The maximum atomic E-state index is 10.9. The molecule has 0 spiro atoms. The van der Waals surface area contributed by atoms with E-state index in [9.17, 15) is 10.1 Å². The summed E-state index contributed by atoms with van der Waals surface area (Å²) >= 11 is 0. The van der Waals surface area contributed by atoms with Gasteiger partial charge in [0, 0.05) is 6.54 Å². The summed E-state index contributed by atoms with van der Waals surface area (Å²) in [4.78, 5) is 13.1. The van der Waals surface area contributed by atoms with Crippen molar-refractivity contribution in [3.63, 3.8) is 0 Å². The molecular formula is C14H16N2O3. The van der Waals surface area contributed by atoms with Gasteiger partial charge in [0.15, 0.2) is 0 Å². The summed E-state index contributed by atoms with van der Waals surface area (Å²) in [7, 11) is 0. The van der Waals surface area contributed by atoms with Gasteiger partial charge in [0.25, 0.3) is 0 Å². The highest BCUT2D eigenvalue weighted by molar-refractivity contribution is 5.89. The number of benzene rings is 1. The molecule has 1 aliphatic rings. The van der Waals surface area contributed by atoms with E-state index in [1.807, 2.05) is 0 Å². The molecule has 5 heteroatoms. The molecule has 0 aromatic heterocycles. The number of carboxylic acids is 1. The number of ether oxygens (including phenoxy) is 1. The quantitative estimate of drug-likeness (QED) is 0.898. The van der Waals surface area contributed by atoms with E-state index in [1.54, 1.807) is 12.1 Å². The monoisotopic (exact) mass is 260 g/mol. The normalized spacial score (nSPS) is 18.9. The first-order valence-electron chi connectivity index (χ1n) is 6.29. The van der Waals surface area contributed by atoms with Gasteiger partial charge in [-0.1, -0.05) is 6.92 Å². The number of anilines is 1. The molecule has 1 unspecified atom stereocenters. The second kappa shape index (κ2) is 5.72. The summed E-state index contributed by atoms with van der Waals surface area (Å²) in [6.45, 7) is 4.06. The van der Waals surface area contributed by atoms with Crippen molar-refractivity contribution in [3.8, 4) is 6.07 Å². The SMILES string of the molecule is CCC1COCCN1c1ccc(C(=O)O)cc1C#N. The molecule has 0 amide bonds. The van der Waals surface area contributed by atoms with Crippen molar-refractivity contribution in [3.05, 3.63) is 29.3 Å². The van der Waals surface area contributed by atoms with Crippen molar-refractivity contribution >= 4 is 11.7 Å². The van der Waals surface area contributed by atoms with E-state index >= 15 is 0 Å². The van der Waals surface area contributed by atoms with E-state index in [-0.39, 0.29) is 11.6 Å². The van der Waals surface area contributed by atoms with Crippen molar-refractivity contribution in [1.29, 1.82) is 5.26 Å². The third-order valence-electron chi connectivity index (χ3n) is 3.37. The lowest BCUT2D eigenvalue weighted by atomic mass is 10.1. The van der Waals surface area contributed by atoms with Crippen LogP contribution in [0, 0.1) is 11.3 Å². The van der Waals surface area contributed by atoms with Gasteiger partial charge in [-0.3, -0.25) is 0 Å². The lowest BCUT2D eigenvalue weighted by Crippen LogP contribution is -2.45. The number of nitriles is 1. The smallest absolute Gasteiger partial charge is 0.335 e. The van der Waals surface area contributed by atoms with Gasteiger partial charge in [-0.25, -0.2) is 4.79 Å². The minimum absolute atomic E-state index is 0.140. The lowest BCUT2D eigenvalue weighted by Gasteiger charge is -2.37. The van der Waals surface area contributed by atoms with Gasteiger partial charge < -0.3 is 14.7 Å². The van der Waals surface area contributed by atoms with Crippen LogP contribution in [0.25, 0.3) is 0 Å². The van der Waals surface area contributed by atoms with Gasteiger partial charge in [0.05, 0.1) is 36.1 Å². The Morgan fingerprint density at radius 1 is 1.63 bits per heavy atom. The largest absolute Gasteiger partial charge is 0.478 e. The fourth-order valence-electron chi connectivity index (χ4n) is 2.32. The molecule has 1 aliphatic heterocycles. The van der Waals surface area contributed by atoms with Crippen LogP contribution >= 0.6 is 0 Å². The van der Waals surface area contributed by atoms with Gasteiger partial charge >= 0.3 is 5.97 Å². The van der Waals surface area contributed by atoms with Crippen LogP contribution < -0.4 is 4.90 Å². The fourth-order valence-corrected chi connectivity index (χ4v) is 2.32. The zero-order valence-electron chi connectivity index (χ0n) is 10.8. The average Bonchev–Trinajstić information content (AvgIpc) is 2.46. The first-order valence-corrected chi connectivity index (χ1v) is 6.29. The predicted octanol–water partition coefficient (Wildman–Crippen LogP) is 1.87. The van der Waals surface area contributed by atoms with Crippen molar-refractivity contribution in [2.45, 2.75) is 19.4 Å². The number of carboxylic acid groups (broad SMARTS) is 1. The molecule has 1 atom stereocenters. The molecule has 1 fully saturated rings. The van der Waals surface area contributed by atoms with Crippen LogP contribution in [0.15, 0.2) is 18.2 Å². The molecule has 0 saturated carbocycles. The summed E-state index contributed by atoms with van der Waals surface area (Å²) in [5.74, 6) is -1.02. The Hall–Kier alpha value is -2.06. The topological polar surface area (TPSA) is 73.6 Å². The maximum Gasteiger partial charge on any atom is 0.335 e. The molecule has 0 radical (unpaired) electrons. The number of aromatic carboxylic acids is 1. The Labute approximate surface area is 112 Å². The summed E-state index contributed by atoms with van der Waals surface area (Å²) in [5.41, 5.74) is 1.34. The first-order chi connectivity index (χ1) is 9.17. The highest BCUT2D eigenvalue weighted by Gasteiger charge is 2.24. The third-order valence-corrected chi connectivity index (χ3v) is 3.37. The summed E-state index contributed by atoms with van der Waals surface area (Å²) in [6.07, 6.45) is 0.922. The highest BCUT2D eigenvalue weighted by Crippen LogP contribution is 2.26. The molecule has 2 rings (SSSR count). The molecule has 100 valence electrons. The Bertz CT molecular complexity index is 522. The van der Waals surface area contributed by atoms with Crippen molar-refractivity contribution < 1.29 is 14.6 Å². The summed E-state index contributed by atoms with van der Waals surface area (Å²) < 4.78 is 5.44. The molecule has 1 heterocycles. The van der Waals surface area contributed by atoms with Crippen LogP contribution in [0.2, 0.25) is 0 Å². The number of nitrogens with zero attached hydrogens (tertiary/aromatic N) is 2. The number of carbonyl (C=O) groups is 1. The summed E-state index contributed by atoms with van der Waals surface area (Å²) in [5, 5.41) is 18.2. The Morgan fingerprint density at radius 2 is 2.42 bits per heavy atom. The molecule has 0 aliphatic carbocycles. The van der Waals surface area contributed by atoms with Gasteiger partial charge in [-0.05, 0) is 24.6 Å². The van der Waals surface area contributed by atoms with Gasteiger partial charge in [0.2, 0.25) is 0 Å². The van der Waals surface area contributed by atoms with Gasteiger partial charge in [-0.2, -0.15) is 5.26 Å². The minimum Gasteiger partial charge on any atom is -0.478 e. The molecule has 1 aromatic carbocycles. The van der Waals surface area contributed by atoms with E-state index < -0.39 is 5.97 Å². The van der Waals surface area contributed by atoms with Gasteiger partial charge in [0.1, 0.15) is 6.07 Å². The number of morpholine rings is 1. The lowest BCUT2D eigenvalue weighted by molar-refractivity contribution is 0.0696. The Balaban J connectivity index is 2.38. The number of hydrogen-bond donors (Lipinski definition) is 1. The van der Waals surface area contributed by atoms with Crippen molar-refractivity contribution in [2.24, 2.45) is 0 Å². The highest BCUT2D eigenvalue weighted by atomic mass is 16.5. The van der Waals surface area contributed by atoms with Crippen LogP contribution in [0.3, 0.4) is 0 Å². The molecule has 1 N–H and O–H groups in total. The number of hydrogen-bond acceptors (Lipinski definition) is 4. The second-order valence-electron chi connectivity index (χ2n) is 4.48. The predicted molar refractivity (Wildman–Crippen MR) is 70.4 cm³/mol. The summed E-state index contributed by atoms with van der Waals surface area (Å²) in [6, 6.07) is 7.01.